The topological polar surface area (TPSA) is 29.1 Å². The number of hydrogen-bond donors (Lipinski definition) is 1. The molecule has 18 heavy (non-hydrogen) atoms. The minimum Gasteiger partial charge on any atom is -0.347 e. The molecule has 0 aliphatic carbocycles. The summed E-state index contributed by atoms with van der Waals surface area (Å²) in [5, 5.41) is 4.74. The number of carbonyl (C=O) groups excluding carboxylic acids is 1. The van der Waals surface area contributed by atoms with E-state index in [0.717, 1.165) is 10.4 Å². The molecule has 0 saturated heterocycles. The molecule has 1 heterocycles. The number of carbonyl (C=O) groups is 1. The van der Waals surface area contributed by atoms with Crippen LogP contribution in [-0.4, -0.2) is 5.91 Å². The van der Waals surface area contributed by atoms with Crippen LogP contribution in [0.4, 0.5) is 4.39 Å². The molecule has 0 atom stereocenters. The Morgan fingerprint density at radius 3 is 2.83 bits per heavy atom. The minimum atomic E-state index is -0.608. The van der Waals surface area contributed by atoms with Gasteiger partial charge in [-0.25, -0.2) is 4.39 Å². The largest absolute Gasteiger partial charge is 0.347 e. The molecule has 5 heteroatoms. The number of rotatable bonds is 3. The van der Waals surface area contributed by atoms with Crippen LogP contribution in [0.5, 0.6) is 0 Å². The summed E-state index contributed by atoms with van der Waals surface area (Å²) >= 11 is 7.37. The van der Waals surface area contributed by atoms with Crippen LogP contribution in [0.2, 0.25) is 5.02 Å². The Morgan fingerprint density at radius 1 is 1.44 bits per heavy atom. The van der Waals surface area contributed by atoms with Gasteiger partial charge in [0.25, 0.3) is 5.91 Å². The highest BCUT2D eigenvalue weighted by molar-refractivity contribution is 7.10. The molecule has 0 unspecified atom stereocenters. The third kappa shape index (κ3) is 2.71. The van der Waals surface area contributed by atoms with Crippen molar-refractivity contribution in [1.82, 2.24) is 5.32 Å². The lowest BCUT2D eigenvalue weighted by molar-refractivity contribution is 0.0947. The Bertz CT molecular complexity index is 562. The lowest BCUT2D eigenvalue weighted by atomic mass is 10.2. The van der Waals surface area contributed by atoms with Gasteiger partial charge in [-0.05, 0) is 36.1 Å². The van der Waals surface area contributed by atoms with Crippen LogP contribution in [0.25, 0.3) is 0 Å². The summed E-state index contributed by atoms with van der Waals surface area (Å²) < 4.78 is 13.5. The van der Waals surface area contributed by atoms with E-state index < -0.39 is 11.7 Å². The fraction of sp³-hybridized carbons (Fsp3) is 0.154. The molecule has 0 aliphatic rings. The van der Waals surface area contributed by atoms with Crippen molar-refractivity contribution >= 4 is 28.8 Å². The highest BCUT2D eigenvalue weighted by atomic mass is 35.5. The summed E-state index contributed by atoms with van der Waals surface area (Å²) in [5.74, 6) is -1.10. The van der Waals surface area contributed by atoms with Crippen molar-refractivity contribution in [3.05, 3.63) is 56.5 Å². The molecule has 1 N–H and O–H groups in total. The summed E-state index contributed by atoms with van der Waals surface area (Å²) in [6, 6.07) is 6.16. The molecule has 1 amide bonds. The van der Waals surface area contributed by atoms with Gasteiger partial charge >= 0.3 is 0 Å². The van der Waals surface area contributed by atoms with Crippen molar-refractivity contribution < 1.29 is 9.18 Å². The standard InChI is InChI=1S/C13H11ClFNOS/c1-8-5-6-18-11(8)7-16-13(17)12-9(14)3-2-4-10(12)15/h2-6H,7H2,1H3,(H,16,17). The molecule has 0 saturated carbocycles. The highest BCUT2D eigenvalue weighted by Gasteiger charge is 2.15. The Labute approximate surface area is 113 Å². The SMILES string of the molecule is Cc1ccsc1CNC(=O)c1c(F)cccc1Cl. The molecule has 2 rings (SSSR count). The maximum absolute atomic E-state index is 13.5. The van der Waals surface area contributed by atoms with E-state index in [4.69, 9.17) is 11.6 Å². The molecule has 2 aromatic rings. The zero-order valence-electron chi connectivity index (χ0n) is 9.67. The molecule has 1 aromatic carbocycles. The first-order valence-electron chi connectivity index (χ1n) is 5.35. The first kappa shape index (κ1) is 13.1. The average Bonchev–Trinajstić information content (AvgIpc) is 2.72. The van der Waals surface area contributed by atoms with E-state index in [2.05, 4.69) is 5.32 Å². The van der Waals surface area contributed by atoms with Crippen LogP contribution in [-0.2, 0) is 6.54 Å². The molecule has 94 valence electrons. The van der Waals surface area contributed by atoms with Gasteiger partial charge in [0.05, 0.1) is 17.1 Å². The molecule has 2 nitrogen and oxygen atoms in total. The van der Waals surface area contributed by atoms with Crippen molar-refractivity contribution in [2.75, 3.05) is 0 Å². The Morgan fingerprint density at radius 2 is 2.22 bits per heavy atom. The summed E-state index contributed by atoms with van der Waals surface area (Å²) in [7, 11) is 0. The molecule has 1 aromatic heterocycles. The van der Waals surface area contributed by atoms with E-state index in [9.17, 15) is 9.18 Å². The van der Waals surface area contributed by atoms with E-state index in [0.29, 0.717) is 6.54 Å². The smallest absolute Gasteiger partial charge is 0.256 e. The number of aryl methyl sites for hydroxylation is 1. The fourth-order valence-corrected chi connectivity index (χ4v) is 2.64. The highest BCUT2D eigenvalue weighted by Crippen LogP contribution is 2.19. The average molecular weight is 284 g/mol. The van der Waals surface area contributed by atoms with E-state index in [1.807, 2.05) is 18.4 Å². The monoisotopic (exact) mass is 283 g/mol. The molecular formula is C13H11ClFNOS. The van der Waals surface area contributed by atoms with Gasteiger partial charge in [-0.2, -0.15) is 0 Å². The number of benzene rings is 1. The van der Waals surface area contributed by atoms with E-state index in [-0.39, 0.29) is 10.6 Å². The second kappa shape index (κ2) is 5.50. The van der Waals surface area contributed by atoms with Gasteiger partial charge in [0.2, 0.25) is 0 Å². The van der Waals surface area contributed by atoms with Gasteiger partial charge in [-0.15, -0.1) is 11.3 Å². The maximum Gasteiger partial charge on any atom is 0.256 e. The minimum absolute atomic E-state index is 0.103. The molecular weight excluding hydrogens is 273 g/mol. The van der Waals surface area contributed by atoms with Crippen LogP contribution in [0, 0.1) is 12.7 Å². The van der Waals surface area contributed by atoms with Crippen LogP contribution in [0.1, 0.15) is 20.8 Å². The number of nitrogens with one attached hydrogen (secondary N) is 1. The van der Waals surface area contributed by atoms with Gasteiger partial charge < -0.3 is 5.32 Å². The molecule has 0 radical (unpaired) electrons. The van der Waals surface area contributed by atoms with Crippen molar-refractivity contribution in [3.63, 3.8) is 0 Å². The zero-order valence-corrected chi connectivity index (χ0v) is 11.2. The number of hydrogen-bond acceptors (Lipinski definition) is 2. The predicted molar refractivity (Wildman–Crippen MR) is 71.6 cm³/mol. The Hall–Kier alpha value is -1.39. The van der Waals surface area contributed by atoms with E-state index >= 15 is 0 Å². The summed E-state index contributed by atoms with van der Waals surface area (Å²) in [5.41, 5.74) is 1.01. The van der Waals surface area contributed by atoms with Gasteiger partial charge in [0.1, 0.15) is 5.82 Å². The first-order valence-corrected chi connectivity index (χ1v) is 6.60. The van der Waals surface area contributed by atoms with Crippen molar-refractivity contribution in [2.24, 2.45) is 0 Å². The fourth-order valence-electron chi connectivity index (χ4n) is 1.55. The second-order valence-corrected chi connectivity index (χ2v) is 5.21. The van der Waals surface area contributed by atoms with Crippen LogP contribution in [0.15, 0.2) is 29.6 Å². The summed E-state index contributed by atoms with van der Waals surface area (Å²) in [4.78, 5) is 12.9. The van der Waals surface area contributed by atoms with Crippen LogP contribution in [0.3, 0.4) is 0 Å². The molecule has 0 spiro atoms. The maximum atomic E-state index is 13.5. The number of amides is 1. The number of thiophene rings is 1. The molecule has 0 fully saturated rings. The third-order valence-corrected chi connectivity index (χ3v) is 3.91. The third-order valence-electron chi connectivity index (χ3n) is 2.57. The zero-order chi connectivity index (χ0) is 13.1. The normalized spacial score (nSPS) is 10.4. The van der Waals surface area contributed by atoms with E-state index in [1.165, 1.54) is 18.2 Å². The van der Waals surface area contributed by atoms with Gasteiger partial charge in [-0.1, -0.05) is 17.7 Å². The van der Waals surface area contributed by atoms with Gasteiger partial charge in [0, 0.05) is 4.88 Å². The second-order valence-electron chi connectivity index (χ2n) is 3.81. The molecule has 0 bridgehead atoms. The first-order chi connectivity index (χ1) is 8.59. The Kier molecular flexibility index (Phi) is 3.99. The lowest BCUT2D eigenvalue weighted by Crippen LogP contribution is -2.24. The van der Waals surface area contributed by atoms with Crippen LogP contribution >= 0.6 is 22.9 Å². The quantitative estimate of drug-likeness (QED) is 0.912. The predicted octanol–water partition coefficient (Wildman–Crippen LogP) is 3.78. The van der Waals surface area contributed by atoms with Crippen molar-refractivity contribution in [1.29, 1.82) is 0 Å². The Balaban J connectivity index is 2.11. The summed E-state index contributed by atoms with van der Waals surface area (Å²) in [6.45, 7) is 2.35. The lowest BCUT2D eigenvalue weighted by Gasteiger charge is -2.07. The van der Waals surface area contributed by atoms with Crippen molar-refractivity contribution in [3.8, 4) is 0 Å². The van der Waals surface area contributed by atoms with Crippen LogP contribution < -0.4 is 5.32 Å². The van der Waals surface area contributed by atoms with Crippen molar-refractivity contribution in [2.45, 2.75) is 13.5 Å². The number of halogens is 2. The van der Waals surface area contributed by atoms with E-state index in [1.54, 1.807) is 11.3 Å². The molecule has 0 aliphatic heterocycles. The summed E-state index contributed by atoms with van der Waals surface area (Å²) in [6.07, 6.45) is 0. The van der Waals surface area contributed by atoms with Gasteiger partial charge in [0.15, 0.2) is 0 Å². The van der Waals surface area contributed by atoms with Gasteiger partial charge in [-0.3, -0.25) is 4.79 Å².